The molecular formula is C22H23N4O5S+. The van der Waals surface area contributed by atoms with Gasteiger partial charge in [0, 0.05) is 48.0 Å². The lowest BCUT2D eigenvalue weighted by molar-refractivity contribution is -0.428. The fraction of sp³-hybridized carbons (Fsp3) is 0.227. The van der Waals surface area contributed by atoms with E-state index in [0.29, 0.717) is 23.5 Å². The first-order chi connectivity index (χ1) is 15.3. The summed E-state index contributed by atoms with van der Waals surface area (Å²) in [5.41, 5.74) is 2.53. The van der Waals surface area contributed by atoms with Crippen molar-refractivity contribution in [1.29, 1.82) is 0 Å². The Hall–Kier alpha value is -3.34. The molecule has 3 aromatic carbocycles. The summed E-state index contributed by atoms with van der Waals surface area (Å²) in [5, 5.41) is 10.9. The molecule has 1 aliphatic rings. The molecule has 0 saturated carbocycles. The van der Waals surface area contributed by atoms with Gasteiger partial charge in [0.1, 0.15) is 0 Å². The molecule has 3 aromatic rings. The van der Waals surface area contributed by atoms with E-state index in [2.05, 4.69) is 0 Å². The van der Waals surface area contributed by atoms with Crippen molar-refractivity contribution in [2.75, 3.05) is 38.1 Å². The number of sulfonamides is 1. The molecule has 9 nitrogen and oxygen atoms in total. The van der Waals surface area contributed by atoms with Crippen LogP contribution in [0.3, 0.4) is 0 Å². The molecule has 10 heteroatoms. The number of benzene rings is 3. The van der Waals surface area contributed by atoms with Crippen LogP contribution in [0.5, 0.6) is 0 Å². The smallest absolute Gasteiger partial charge is 0.276 e. The van der Waals surface area contributed by atoms with Gasteiger partial charge in [-0.25, -0.2) is 13.9 Å². The third kappa shape index (κ3) is 4.07. The van der Waals surface area contributed by atoms with Gasteiger partial charge in [-0.05, 0) is 29.0 Å². The van der Waals surface area contributed by atoms with E-state index in [0.717, 1.165) is 10.8 Å². The molecule has 1 fully saturated rings. The first-order valence-electron chi connectivity index (χ1n) is 10.0. The summed E-state index contributed by atoms with van der Waals surface area (Å²) in [4.78, 5) is 25.9. The molecule has 1 heterocycles. The van der Waals surface area contributed by atoms with E-state index in [1.54, 1.807) is 35.8 Å². The van der Waals surface area contributed by atoms with Crippen LogP contribution >= 0.6 is 0 Å². The molecule has 0 radical (unpaired) electrons. The second-order valence-electron chi connectivity index (χ2n) is 7.54. The van der Waals surface area contributed by atoms with E-state index in [1.165, 1.54) is 17.4 Å². The highest BCUT2D eigenvalue weighted by Crippen LogP contribution is 2.28. The van der Waals surface area contributed by atoms with E-state index < -0.39 is 15.9 Å². The zero-order valence-corrected chi connectivity index (χ0v) is 18.2. The van der Waals surface area contributed by atoms with Crippen molar-refractivity contribution in [2.24, 2.45) is 0 Å². The quantitative estimate of drug-likeness (QED) is 0.348. The van der Waals surface area contributed by atoms with Crippen LogP contribution in [0, 0.1) is 4.91 Å². The number of rotatable bonds is 5. The number of carbonyl (C=O) groups excluding carboxylic acids is 1. The highest BCUT2D eigenvalue weighted by Gasteiger charge is 2.30. The first kappa shape index (κ1) is 21.9. The molecule has 0 aromatic heterocycles. The fourth-order valence-corrected chi connectivity index (χ4v) is 5.34. The lowest BCUT2D eigenvalue weighted by Crippen LogP contribution is -2.49. The maximum absolute atomic E-state index is 13.2. The van der Waals surface area contributed by atoms with Crippen molar-refractivity contribution in [3.63, 3.8) is 0 Å². The number of anilines is 1. The molecule has 1 amide bonds. The first-order valence-corrected chi connectivity index (χ1v) is 11.5. The third-order valence-electron chi connectivity index (χ3n) is 5.63. The van der Waals surface area contributed by atoms with Crippen LogP contribution in [0.25, 0.3) is 10.8 Å². The fourth-order valence-electron chi connectivity index (χ4n) is 3.88. The number of piperazine rings is 1. The molecule has 4 rings (SSSR count). The van der Waals surface area contributed by atoms with Crippen molar-refractivity contribution in [2.45, 2.75) is 4.90 Å². The average molecular weight is 456 g/mol. The highest BCUT2D eigenvalue weighted by molar-refractivity contribution is 7.89. The van der Waals surface area contributed by atoms with Crippen LogP contribution in [0.15, 0.2) is 65.6 Å². The Labute approximate surface area is 185 Å². The number of nitrogens with zero attached hydrogens (tertiary/aromatic N) is 3. The zero-order chi connectivity index (χ0) is 22.9. The average Bonchev–Trinajstić information content (AvgIpc) is 2.82. The van der Waals surface area contributed by atoms with Crippen molar-refractivity contribution >= 4 is 38.1 Å². The van der Waals surface area contributed by atoms with Gasteiger partial charge in [0.05, 0.1) is 16.1 Å². The summed E-state index contributed by atoms with van der Waals surface area (Å²) in [6, 6.07) is 17.3. The Morgan fingerprint density at radius 2 is 1.66 bits per heavy atom. The number of nitroso groups, excluding NO2 is 1. The van der Waals surface area contributed by atoms with Crippen molar-refractivity contribution in [3.05, 3.63) is 71.1 Å². The summed E-state index contributed by atoms with van der Waals surface area (Å²) in [5.74, 6) is -0.741. The van der Waals surface area contributed by atoms with Crippen LogP contribution in [-0.2, 0) is 10.0 Å². The summed E-state index contributed by atoms with van der Waals surface area (Å²) >= 11 is 0. The van der Waals surface area contributed by atoms with E-state index in [4.69, 9.17) is 5.21 Å². The van der Waals surface area contributed by atoms with Crippen molar-refractivity contribution < 1.29 is 23.2 Å². The summed E-state index contributed by atoms with van der Waals surface area (Å²) in [6.07, 6.45) is 0. The predicted molar refractivity (Wildman–Crippen MR) is 120 cm³/mol. The Kier molecular flexibility index (Phi) is 5.92. The van der Waals surface area contributed by atoms with Crippen molar-refractivity contribution in [3.8, 4) is 0 Å². The number of hydrogen-bond donors (Lipinski definition) is 2. The summed E-state index contributed by atoms with van der Waals surface area (Å²) in [6.45, 7) is 1.17. The van der Waals surface area contributed by atoms with Crippen LogP contribution in [-0.4, -0.2) is 61.8 Å². The number of hydroxylamine groups is 1. The maximum Gasteiger partial charge on any atom is 0.276 e. The number of amides is 1. The molecule has 166 valence electrons. The van der Waals surface area contributed by atoms with Crippen LogP contribution in [0.4, 0.5) is 11.4 Å². The van der Waals surface area contributed by atoms with Crippen molar-refractivity contribution in [1.82, 2.24) is 9.79 Å². The van der Waals surface area contributed by atoms with Gasteiger partial charge in [-0.3, -0.25) is 10.0 Å². The lowest BCUT2D eigenvalue weighted by Gasteiger charge is -2.36. The number of carbonyl (C=O) groups is 1. The molecular weight excluding hydrogens is 432 g/mol. The SMILES string of the molecule is C[N+](=O)c1ccc(N2CCN(S(=O)(=O)c3ccc4ccccc4c3)CC2)c(C(=O)NO)c1. The van der Waals surface area contributed by atoms with Gasteiger partial charge >= 0.3 is 0 Å². The number of nitrogens with one attached hydrogen (secondary N) is 1. The predicted octanol–water partition coefficient (Wildman–Crippen LogP) is 2.51. The Morgan fingerprint density at radius 3 is 2.31 bits per heavy atom. The number of fused-ring (bicyclic) bond motifs is 1. The normalized spacial score (nSPS) is 15.0. The Bertz CT molecular complexity index is 1300. The van der Waals surface area contributed by atoms with Crippen LogP contribution in [0.2, 0.25) is 0 Å². The topological polar surface area (TPSA) is 110 Å². The molecule has 0 bridgehead atoms. The zero-order valence-electron chi connectivity index (χ0n) is 17.4. The molecule has 2 N–H and O–H groups in total. The highest BCUT2D eigenvalue weighted by atomic mass is 32.2. The van der Waals surface area contributed by atoms with Gasteiger partial charge in [-0.15, -0.1) is 0 Å². The minimum absolute atomic E-state index is 0.138. The molecule has 0 unspecified atom stereocenters. The second-order valence-corrected chi connectivity index (χ2v) is 9.48. The van der Waals surface area contributed by atoms with E-state index in [1.807, 2.05) is 29.2 Å². The van der Waals surface area contributed by atoms with Gasteiger partial charge in [0.25, 0.3) is 11.6 Å². The number of hydrogen-bond acceptors (Lipinski definition) is 6. The molecule has 0 atom stereocenters. The van der Waals surface area contributed by atoms with Gasteiger partial charge < -0.3 is 4.90 Å². The molecule has 0 spiro atoms. The summed E-state index contributed by atoms with van der Waals surface area (Å²) < 4.78 is 28.4. The van der Waals surface area contributed by atoms with E-state index in [-0.39, 0.29) is 29.2 Å². The van der Waals surface area contributed by atoms with Crippen LogP contribution in [0.1, 0.15) is 10.4 Å². The second kappa shape index (κ2) is 8.65. The van der Waals surface area contributed by atoms with Gasteiger partial charge in [-0.2, -0.15) is 4.31 Å². The Balaban J connectivity index is 1.56. The molecule has 1 saturated heterocycles. The van der Waals surface area contributed by atoms with Gasteiger partial charge in [0.15, 0.2) is 7.05 Å². The molecule has 1 aliphatic heterocycles. The monoisotopic (exact) mass is 455 g/mol. The van der Waals surface area contributed by atoms with Gasteiger partial charge in [0.2, 0.25) is 10.0 Å². The minimum Gasteiger partial charge on any atom is -0.368 e. The Morgan fingerprint density at radius 1 is 0.969 bits per heavy atom. The summed E-state index contributed by atoms with van der Waals surface area (Å²) in [7, 11) is -2.36. The lowest BCUT2D eigenvalue weighted by atomic mass is 10.1. The van der Waals surface area contributed by atoms with Gasteiger partial charge in [-0.1, -0.05) is 30.3 Å². The van der Waals surface area contributed by atoms with E-state index >= 15 is 0 Å². The standard InChI is InChI=1S/C22H22N4O5S/c1-24(29)18-7-9-21(20(15-18)22(27)23-28)25-10-12-26(13-11-25)32(30,31)19-8-6-16-4-2-3-5-17(16)14-19/h2-9,14-15H,10-13H2,1H3,(H-,23,27,28)/p+1. The molecule has 32 heavy (non-hydrogen) atoms. The molecule has 0 aliphatic carbocycles. The largest absolute Gasteiger partial charge is 0.368 e. The minimum atomic E-state index is -3.67. The van der Waals surface area contributed by atoms with Crippen LogP contribution < -0.4 is 10.4 Å². The third-order valence-corrected chi connectivity index (χ3v) is 7.52. The van der Waals surface area contributed by atoms with E-state index in [9.17, 15) is 18.1 Å². The maximum atomic E-state index is 13.2.